The topological polar surface area (TPSA) is 42.7 Å². The van der Waals surface area contributed by atoms with Gasteiger partial charge >= 0.3 is 0 Å². The molecular weight excluding hydrogens is 344 g/mol. The Kier molecular flexibility index (Phi) is 4.20. The highest BCUT2D eigenvalue weighted by Gasteiger charge is 2.59. The van der Waals surface area contributed by atoms with E-state index in [2.05, 4.69) is 56.4 Å². The van der Waals surface area contributed by atoms with Crippen molar-refractivity contribution in [3.05, 3.63) is 36.0 Å². The molecule has 4 atom stereocenters. The number of aryl methyl sites for hydroxylation is 1. The van der Waals surface area contributed by atoms with Crippen molar-refractivity contribution in [2.45, 2.75) is 84.3 Å². The lowest BCUT2D eigenvalue weighted by Crippen LogP contribution is -2.63. The summed E-state index contributed by atoms with van der Waals surface area (Å²) >= 11 is 0. The van der Waals surface area contributed by atoms with E-state index in [1.165, 1.54) is 44.1 Å². The van der Waals surface area contributed by atoms with Crippen molar-refractivity contribution in [2.24, 2.45) is 16.7 Å². The molecule has 6 rings (SSSR count). The van der Waals surface area contributed by atoms with E-state index < -0.39 is 0 Å². The fraction of sp³-hybridized carbons (Fsp3) is 0.667. The molecule has 0 spiro atoms. The van der Waals surface area contributed by atoms with Crippen LogP contribution in [-0.2, 0) is 13.1 Å². The first kappa shape index (κ1) is 18.4. The summed E-state index contributed by atoms with van der Waals surface area (Å²) in [5.41, 5.74) is 4.68. The lowest BCUT2D eigenvalue weighted by molar-refractivity contribution is -0.118. The molecular formula is C24H34N4. The van der Waals surface area contributed by atoms with Gasteiger partial charge in [0, 0.05) is 17.6 Å². The molecule has 4 fully saturated rings. The van der Waals surface area contributed by atoms with E-state index in [0.29, 0.717) is 16.4 Å². The number of benzene rings is 1. The molecule has 4 bridgehead atoms. The van der Waals surface area contributed by atoms with Gasteiger partial charge in [-0.25, -0.2) is 0 Å². The predicted octanol–water partition coefficient (Wildman–Crippen LogP) is 5.19. The summed E-state index contributed by atoms with van der Waals surface area (Å²) in [5.74, 6) is 0.906. The summed E-state index contributed by atoms with van der Waals surface area (Å²) in [7, 11) is 0. The second-order valence-corrected chi connectivity index (χ2v) is 10.7. The van der Waals surface area contributed by atoms with Crippen molar-refractivity contribution in [3.63, 3.8) is 0 Å². The molecule has 1 aromatic heterocycles. The Morgan fingerprint density at radius 2 is 1.71 bits per heavy atom. The third kappa shape index (κ3) is 3.20. The van der Waals surface area contributed by atoms with Crippen molar-refractivity contribution in [3.8, 4) is 11.3 Å². The van der Waals surface area contributed by atoms with E-state index in [1.807, 2.05) is 4.80 Å². The highest BCUT2D eigenvalue weighted by atomic mass is 15.5. The SMILES string of the molecule is CCCn1nc(CNC23CC4C[C@@](C)(C2)C[C@](C)(C4)C3)c(-c2ccccc2)n1. The standard InChI is InChI=1S/C24H34N4/c1-4-10-28-26-20(21(27-28)19-8-6-5-7-9-19)14-25-24-13-18-11-22(2,16-24)15-23(3,12-18)17-24/h5-9,18,25H,4,10-17H2,1-3H3/t18?,22-,23+,24?. The highest BCUT2D eigenvalue weighted by molar-refractivity contribution is 5.60. The zero-order chi connectivity index (χ0) is 19.4. The van der Waals surface area contributed by atoms with Crippen LogP contribution in [0, 0.1) is 16.7 Å². The third-order valence-electron chi connectivity index (χ3n) is 7.45. The molecule has 4 aliphatic rings. The van der Waals surface area contributed by atoms with Crippen LogP contribution >= 0.6 is 0 Å². The van der Waals surface area contributed by atoms with Crippen LogP contribution in [0.15, 0.2) is 30.3 Å². The molecule has 0 aliphatic heterocycles. The largest absolute Gasteiger partial charge is 0.305 e. The average molecular weight is 379 g/mol. The van der Waals surface area contributed by atoms with Crippen molar-refractivity contribution in [2.75, 3.05) is 0 Å². The van der Waals surface area contributed by atoms with E-state index in [0.717, 1.165) is 36.8 Å². The Labute approximate surface area is 169 Å². The maximum Gasteiger partial charge on any atom is 0.117 e. The van der Waals surface area contributed by atoms with Crippen molar-refractivity contribution < 1.29 is 0 Å². The van der Waals surface area contributed by atoms with Gasteiger partial charge in [-0.1, -0.05) is 51.1 Å². The molecule has 0 saturated heterocycles. The molecule has 4 saturated carbocycles. The molecule has 2 unspecified atom stereocenters. The van der Waals surface area contributed by atoms with Gasteiger partial charge in [-0.05, 0) is 61.7 Å². The number of hydrogen-bond donors (Lipinski definition) is 1. The zero-order valence-corrected chi connectivity index (χ0v) is 17.7. The minimum Gasteiger partial charge on any atom is -0.305 e. The smallest absolute Gasteiger partial charge is 0.117 e. The Morgan fingerprint density at radius 1 is 1.00 bits per heavy atom. The molecule has 4 heteroatoms. The molecule has 1 heterocycles. The van der Waals surface area contributed by atoms with Crippen LogP contribution in [0.4, 0.5) is 0 Å². The van der Waals surface area contributed by atoms with Crippen LogP contribution < -0.4 is 5.32 Å². The quantitative estimate of drug-likeness (QED) is 0.752. The number of rotatable bonds is 6. The van der Waals surface area contributed by atoms with Gasteiger partial charge in [0.1, 0.15) is 11.4 Å². The van der Waals surface area contributed by atoms with E-state index in [1.54, 1.807) is 0 Å². The van der Waals surface area contributed by atoms with Crippen molar-refractivity contribution >= 4 is 0 Å². The number of nitrogens with one attached hydrogen (secondary N) is 1. The Hall–Kier alpha value is -1.68. The van der Waals surface area contributed by atoms with Crippen LogP contribution in [0.5, 0.6) is 0 Å². The molecule has 0 amide bonds. The lowest BCUT2D eigenvalue weighted by atomic mass is 9.43. The number of aromatic nitrogens is 3. The second-order valence-electron chi connectivity index (χ2n) is 10.7. The molecule has 150 valence electrons. The molecule has 0 radical (unpaired) electrons. The van der Waals surface area contributed by atoms with Gasteiger partial charge in [-0.2, -0.15) is 15.0 Å². The Balaban J connectivity index is 1.41. The molecule has 28 heavy (non-hydrogen) atoms. The maximum atomic E-state index is 4.87. The first-order valence-corrected chi connectivity index (χ1v) is 11.1. The van der Waals surface area contributed by atoms with Gasteiger partial charge in [-0.3, -0.25) is 0 Å². The fourth-order valence-corrected chi connectivity index (χ4v) is 7.54. The monoisotopic (exact) mass is 378 g/mol. The van der Waals surface area contributed by atoms with Gasteiger partial charge in [0.15, 0.2) is 0 Å². The van der Waals surface area contributed by atoms with Gasteiger partial charge < -0.3 is 5.32 Å². The maximum absolute atomic E-state index is 4.87. The average Bonchev–Trinajstić information content (AvgIpc) is 3.01. The predicted molar refractivity (Wildman–Crippen MR) is 113 cm³/mol. The lowest BCUT2D eigenvalue weighted by Gasteiger charge is -2.65. The van der Waals surface area contributed by atoms with Gasteiger partial charge in [-0.15, -0.1) is 0 Å². The van der Waals surface area contributed by atoms with Crippen LogP contribution in [0.2, 0.25) is 0 Å². The fourth-order valence-electron chi connectivity index (χ4n) is 7.54. The number of nitrogens with zero attached hydrogens (tertiary/aromatic N) is 3. The molecule has 2 aromatic rings. The summed E-state index contributed by atoms with van der Waals surface area (Å²) in [5, 5.41) is 13.7. The van der Waals surface area contributed by atoms with Gasteiger partial charge in [0.2, 0.25) is 0 Å². The highest BCUT2D eigenvalue weighted by Crippen LogP contribution is 2.66. The third-order valence-corrected chi connectivity index (χ3v) is 7.45. The van der Waals surface area contributed by atoms with Crippen LogP contribution in [-0.4, -0.2) is 20.5 Å². The van der Waals surface area contributed by atoms with E-state index in [9.17, 15) is 0 Å². The molecule has 4 aliphatic carbocycles. The molecule has 1 N–H and O–H groups in total. The second kappa shape index (κ2) is 6.41. The summed E-state index contributed by atoms with van der Waals surface area (Å²) in [4.78, 5) is 1.89. The summed E-state index contributed by atoms with van der Waals surface area (Å²) in [6.07, 6.45) is 9.36. The summed E-state index contributed by atoms with van der Waals surface area (Å²) in [6, 6.07) is 10.5. The van der Waals surface area contributed by atoms with Crippen LogP contribution in [0.3, 0.4) is 0 Å². The van der Waals surface area contributed by atoms with E-state index >= 15 is 0 Å². The van der Waals surface area contributed by atoms with Crippen molar-refractivity contribution in [1.29, 1.82) is 0 Å². The summed E-state index contributed by atoms with van der Waals surface area (Å²) < 4.78 is 0. The van der Waals surface area contributed by atoms with E-state index in [-0.39, 0.29) is 0 Å². The summed E-state index contributed by atoms with van der Waals surface area (Å²) in [6.45, 7) is 8.97. The van der Waals surface area contributed by atoms with Gasteiger partial charge in [0.25, 0.3) is 0 Å². The molecule has 4 nitrogen and oxygen atoms in total. The minimum absolute atomic E-state index is 0.297. The van der Waals surface area contributed by atoms with Crippen molar-refractivity contribution in [1.82, 2.24) is 20.3 Å². The van der Waals surface area contributed by atoms with Gasteiger partial charge in [0.05, 0.1) is 6.54 Å². The van der Waals surface area contributed by atoms with Crippen LogP contribution in [0.25, 0.3) is 11.3 Å². The zero-order valence-electron chi connectivity index (χ0n) is 17.7. The first-order valence-electron chi connectivity index (χ1n) is 11.1. The Bertz CT molecular complexity index is 837. The van der Waals surface area contributed by atoms with Crippen LogP contribution in [0.1, 0.15) is 71.4 Å². The normalized spacial score (nSPS) is 36.2. The number of hydrogen-bond acceptors (Lipinski definition) is 3. The van der Waals surface area contributed by atoms with E-state index in [4.69, 9.17) is 10.2 Å². The molecule has 1 aromatic carbocycles. The first-order chi connectivity index (χ1) is 13.4. The minimum atomic E-state index is 0.297. The Morgan fingerprint density at radius 3 is 2.36 bits per heavy atom.